The first-order valence-electron chi connectivity index (χ1n) is 7.81. The molecule has 1 atom stereocenters. The molecule has 0 heterocycles. The van der Waals surface area contributed by atoms with Gasteiger partial charge in [0, 0.05) is 0 Å². The van der Waals surface area contributed by atoms with Crippen LogP contribution in [0, 0.1) is 5.41 Å². The van der Waals surface area contributed by atoms with Crippen LogP contribution < -0.4 is 4.74 Å². The smallest absolute Gasteiger partial charge is 0.426 e. The molecule has 0 spiro atoms. The van der Waals surface area contributed by atoms with Crippen molar-refractivity contribution in [3.05, 3.63) is 28.2 Å². The van der Waals surface area contributed by atoms with Crippen LogP contribution in [-0.4, -0.2) is 42.9 Å². The molecule has 0 bridgehead atoms. The fourth-order valence-corrected chi connectivity index (χ4v) is 2.64. The van der Waals surface area contributed by atoms with Crippen molar-refractivity contribution in [2.24, 2.45) is 5.41 Å². The van der Waals surface area contributed by atoms with Crippen LogP contribution in [0.3, 0.4) is 0 Å². The number of halogens is 4. The third-order valence-electron chi connectivity index (χ3n) is 3.78. The molecule has 0 aliphatic heterocycles. The first kappa shape index (κ1) is 24.4. The van der Waals surface area contributed by atoms with E-state index in [0.717, 1.165) is 12.1 Å². The molecule has 1 unspecified atom stereocenters. The number of hydrogen-bond acceptors (Lipinski definition) is 6. The van der Waals surface area contributed by atoms with Gasteiger partial charge in [0.25, 0.3) is 10.1 Å². The molecule has 1 N–H and O–H groups in total. The van der Waals surface area contributed by atoms with Gasteiger partial charge in [-0.25, -0.2) is 4.79 Å². The zero-order valence-electron chi connectivity index (χ0n) is 15.0. The number of alkyl halides is 3. The second kappa shape index (κ2) is 8.78. The maximum absolute atomic E-state index is 12.9. The number of ether oxygens (including phenoxy) is 2. The van der Waals surface area contributed by atoms with E-state index in [0.29, 0.717) is 6.42 Å². The van der Waals surface area contributed by atoms with Crippen molar-refractivity contribution in [1.29, 1.82) is 0 Å². The van der Waals surface area contributed by atoms with Gasteiger partial charge in [0.1, 0.15) is 11.5 Å². The molecule has 0 aromatic heterocycles. The molecule has 1 aromatic carbocycles. The summed E-state index contributed by atoms with van der Waals surface area (Å²) >= 11 is 3.10. The number of esters is 2. The van der Waals surface area contributed by atoms with Crippen LogP contribution in [-0.2, 0) is 19.6 Å². The van der Waals surface area contributed by atoms with Gasteiger partial charge in [0.2, 0.25) is 6.10 Å². The molecule has 0 radical (unpaired) electrons. The van der Waals surface area contributed by atoms with Crippen molar-refractivity contribution < 1.29 is 45.2 Å². The summed E-state index contributed by atoms with van der Waals surface area (Å²) in [5.74, 6) is -4.10. The van der Waals surface area contributed by atoms with E-state index < -0.39 is 51.1 Å². The summed E-state index contributed by atoms with van der Waals surface area (Å²) in [4.78, 5) is 24.2. The van der Waals surface area contributed by atoms with Crippen LogP contribution in [0.15, 0.2) is 22.7 Å². The molecule has 7 nitrogen and oxygen atoms in total. The molecule has 158 valence electrons. The highest BCUT2D eigenvalue weighted by atomic mass is 79.9. The van der Waals surface area contributed by atoms with E-state index >= 15 is 0 Å². The molecule has 28 heavy (non-hydrogen) atoms. The Bertz CT molecular complexity index is 850. The summed E-state index contributed by atoms with van der Waals surface area (Å²) in [7, 11) is -5.06. The minimum absolute atomic E-state index is 0.126. The Kier molecular flexibility index (Phi) is 7.65. The van der Waals surface area contributed by atoms with Gasteiger partial charge >= 0.3 is 18.1 Å². The Labute approximate surface area is 168 Å². The minimum atomic E-state index is -5.22. The maximum Gasteiger partial charge on any atom is 0.426 e. The quantitative estimate of drug-likeness (QED) is 0.352. The predicted molar refractivity (Wildman–Crippen MR) is 95.5 cm³/mol. The van der Waals surface area contributed by atoms with E-state index in [1.54, 1.807) is 20.8 Å². The van der Waals surface area contributed by atoms with Crippen molar-refractivity contribution in [1.82, 2.24) is 0 Å². The maximum atomic E-state index is 12.9. The molecule has 12 heteroatoms. The molecular formula is C16H18BrF3O7S. The summed E-state index contributed by atoms with van der Waals surface area (Å²) in [5, 5.41) is 0. The predicted octanol–water partition coefficient (Wildman–Crippen LogP) is 3.77. The van der Waals surface area contributed by atoms with Gasteiger partial charge in [0.05, 0.1) is 15.5 Å². The van der Waals surface area contributed by atoms with Gasteiger partial charge in [-0.1, -0.05) is 6.92 Å². The van der Waals surface area contributed by atoms with Gasteiger partial charge in [-0.15, -0.1) is 0 Å². The van der Waals surface area contributed by atoms with Crippen LogP contribution in [0.5, 0.6) is 5.75 Å². The monoisotopic (exact) mass is 490 g/mol. The summed E-state index contributed by atoms with van der Waals surface area (Å²) < 4.78 is 78.4. The van der Waals surface area contributed by atoms with E-state index in [1.165, 1.54) is 6.07 Å². The van der Waals surface area contributed by atoms with Crippen LogP contribution in [0.1, 0.15) is 37.6 Å². The molecule has 0 fully saturated rings. The second-order valence-electron chi connectivity index (χ2n) is 6.46. The van der Waals surface area contributed by atoms with Gasteiger partial charge in [-0.3, -0.25) is 9.35 Å². The lowest BCUT2D eigenvalue weighted by atomic mass is 9.91. The number of carbonyl (C=O) groups excluding carboxylic acids is 2. The topological polar surface area (TPSA) is 107 Å². The van der Waals surface area contributed by atoms with E-state index in [-0.39, 0.29) is 10.2 Å². The SMILES string of the molecule is CCC(C)(C)C(=O)Oc1cc(C(=O)OC(CS(=O)(=O)O)C(F)(F)F)ccc1Br. The molecular weight excluding hydrogens is 473 g/mol. The second-order valence-corrected chi connectivity index (χ2v) is 8.81. The zero-order valence-corrected chi connectivity index (χ0v) is 17.4. The lowest BCUT2D eigenvalue weighted by Gasteiger charge is -2.21. The molecule has 0 amide bonds. The number of benzene rings is 1. The van der Waals surface area contributed by atoms with E-state index in [9.17, 15) is 31.2 Å². The number of carbonyl (C=O) groups is 2. The van der Waals surface area contributed by atoms with Gasteiger partial charge in [-0.05, 0) is 54.4 Å². The molecule has 0 aliphatic carbocycles. The Morgan fingerprint density at radius 1 is 1.25 bits per heavy atom. The molecule has 0 aliphatic rings. The number of hydrogen-bond donors (Lipinski definition) is 1. The minimum Gasteiger partial charge on any atom is -0.448 e. The Hall–Kier alpha value is -1.66. The standard InChI is InChI=1S/C16H18BrF3O7S/c1-4-15(2,3)14(22)26-11-7-9(5-6-10(11)17)13(21)27-12(16(18,19)20)8-28(23,24)25/h5-7,12H,4,8H2,1-3H3,(H,23,24,25). The van der Waals surface area contributed by atoms with E-state index in [2.05, 4.69) is 20.7 Å². The van der Waals surface area contributed by atoms with Crippen molar-refractivity contribution in [2.75, 3.05) is 5.75 Å². The first-order chi connectivity index (χ1) is 12.6. The molecule has 0 saturated carbocycles. The van der Waals surface area contributed by atoms with Gasteiger partial charge < -0.3 is 9.47 Å². The number of rotatable bonds is 7. The van der Waals surface area contributed by atoms with Crippen molar-refractivity contribution in [3.63, 3.8) is 0 Å². The van der Waals surface area contributed by atoms with Crippen LogP contribution in [0.2, 0.25) is 0 Å². The van der Waals surface area contributed by atoms with Crippen LogP contribution in [0.4, 0.5) is 13.2 Å². The molecule has 1 aromatic rings. The third kappa shape index (κ3) is 7.06. The fourth-order valence-electron chi connectivity index (χ4n) is 1.67. The summed E-state index contributed by atoms with van der Waals surface area (Å²) in [6.07, 6.45) is -7.83. The summed E-state index contributed by atoms with van der Waals surface area (Å²) in [6, 6.07) is 3.33. The molecule has 0 saturated heterocycles. The van der Waals surface area contributed by atoms with Crippen molar-refractivity contribution >= 4 is 38.0 Å². The van der Waals surface area contributed by atoms with E-state index in [1.807, 2.05) is 0 Å². The van der Waals surface area contributed by atoms with Crippen LogP contribution >= 0.6 is 15.9 Å². The average molecular weight is 491 g/mol. The van der Waals surface area contributed by atoms with Gasteiger partial charge in [0.15, 0.2) is 0 Å². The fraction of sp³-hybridized carbons (Fsp3) is 0.500. The normalized spacial score (nSPS) is 13.7. The third-order valence-corrected chi connectivity index (χ3v) is 5.16. The highest BCUT2D eigenvalue weighted by Gasteiger charge is 2.45. The van der Waals surface area contributed by atoms with Crippen molar-refractivity contribution in [2.45, 2.75) is 39.5 Å². The summed E-state index contributed by atoms with van der Waals surface area (Å²) in [6.45, 7) is 5.02. The van der Waals surface area contributed by atoms with Crippen LogP contribution in [0.25, 0.3) is 0 Å². The highest BCUT2D eigenvalue weighted by Crippen LogP contribution is 2.31. The van der Waals surface area contributed by atoms with Gasteiger partial charge in [-0.2, -0.15) is 21.6 Å². The molecule has 1 rings (SSSR count). The van der Waals surface area contributed by atoms with E-state index in [4.69, 9.17) is 9.29 Å². The Morgan fingerprint density at radius 2 is 1.82 bits per heavy atom. The lowest BCUT2D eigenvalue weighted by molar-refractivity contribution is -0.197. The Morgan fingerprint density at radius 3 is 2.29 bits per heavy atom. The average Bonchev–Trinajstić information content (AvgIpc) is 2.53. The summed E-state index contributed by atoms with van der Waals surface area (Å²) in [5.41, 5.74) is -1.25. The first-order valence-corrected chi connectivity index (χ1v) is 10.2. The van der Waals surface area contributed by atoms with Crippen molar-refractivity contribution in [3.8, 4) is 5.75 Å². The lowest BCUT2D eigenvalue weighted by Crippen LogP contribution is -2.39. The zero-order chi connectivity index (χ0) is 21.9. The largest absolute Gasteiger partial charge is 0.448 e. The Balaban J connectivity index is 3.10. The highest BCUT2D eigenvalue weighted by molar-refractivity contribution is 9.10.